The lowest BCUT2D eigenvalue weighted by molar-refractivity contribution is 0.312. The molecule has 1 saturated carbocycles. The molecule has 0 amide bonds. The van der Waals surface area contributed by atoms with E-state index in [4.69, 9.17) is 0 Å². The second-order valence-corrected chi connectivity index (χ2v) is 6.97. The molecule has 20 heavy (non-hydrogen) atoms. The Hall–Kier alpha value is -0.710. The van der Waals surface area contributed by atoms with Crippen molar-refractivity contribution in [2.75, 3.05) is 24.7 Å². The van der Waals surface area contributed by atoms with E-state index in [9.17, 15) is 0 Å². The summed E-state index contributed by atoms with van der Waals surface area (Å²) in [7, 11) is 2.08. The zero-order valence-electron chi connectivity index (χ0n) is 12.2. The van der Waals surface area contributed by atoms with Gasteiger partial charge < -0.3 is 16.0 Å². The molecular formula is C16H25N3S. The van der Waals surface area contributed by atoms with Crippen LogP contribution in [0.25, 0.3) is 0 Å². The van der Waals surface area contributed by atoms with E-state index in [1.807, 2.05) is 11.8 Å². The van der Waals surface area contributed by atoms with Crippen LogP contribution in [0.4, 0.5) is 5.69 Å². The molecule has 3 nitrogen and oxygen atoms in total. The Bertz CT molecular complexity index is 449. The van der Waals surface area contributed by atoms with Gasteiger partial charge in [-0.2, -0.15) is 0 Å². The van der Waals surface area contributed by atoms with Gasteiger partial charge in [0.15, 0.2) is 0 Å². The maximum Gasteiger partial charge on any atom is 0.0481 e. The van der Waals surface area contributed by atoms with Crippen molar-refractivity contribution < 1.29 is 0 Å². The molecule has 0 bridgehead atoms. The lowest BCUT2D eigenvalue weighted by atomic mass is 9.91. The molecule has 110 valence electrons. The monoisotopic (exact) mass is 291 g/mol. The quantitative estimate of drug-likeness (QED) is 0.797. The highest BCUT2D eigenvalue weighted by Gasteiger charge is 2.20. The molecule has 0 radical (unpaired) electrons. The summed E-state index contributed by atoms with van der Waals surface area (Å²) in [5.74, 6) is 1.18. The Labute approximate surface area is 126 Å². The number of rotatable bonds is 4. The number of nitrogens with one attached hydrogen (secondary N) is 3. The second kappa shape index (κ2) is 6.83. The topological polar surface area (TPSA) is 36.1 Å². The fourth-order valence-corrected chi connectivity index (χ4v) is 4.07. The van der Waals surface area contributed by atoms with E-state index in [-0.39, 0.29) is 0 Å². The van der Waals surface area contributed by atoms with Gasteiger partial charge in [-0.1, -0.05) is 12.5 Å². The third kappa shape index (κ3) is 3.48. The first-order valence-electron chi connectivity index (χ1n) is 7.75. The first-order valence-corrected chi connectivity index (χ1v) is 8.74. The number of benzene rings is 1. The summed E-state index contributed by atoms with van der Waals surface area (Å²) in [5.41, 5.74) is 2.71. The van der Waals surface area contributed by atoms with Crippen molar-refractivity contribution in [1.29, 1.82) is 0 Å². The number of hydrogen-bond acceptors (Lipinski definition) is 4. The highest BCUT2D eigenvalue weighted by atomic mass is 32.2. The molecule has 2 aliphatic rings. The first kappa shape index (κ1) is 14.2. The molecule has 1 heterocycles. The third-order valence-corrected chi connectivity index (χ3v) is 5.47. The van der Waals surface area contributed by atoms with Crippen LogP contribution in [0.1, 0.15) is 31.2 Å². The van der Waals surface area contributed by atoms with Gasteiger partial charge in [-0.05, 0) is 44.0 Å². The Morgan fingerprint density at radius 1 is 1.30 bits per heavy atom. The zero-order valence-corrected chi connectivity index (χ0v) is 13.1. The summed E-state index contributed by atoms with van der Waals surface area (Å²) >= 11 is 1.96. The van der Waals surface area contributed by atoms with Crippen LogP contribution in [0.2, 0.25) is 0 Å². The van der Waals surface area contributed by atoms with E-state index >= 15 is 0 Å². The van der Waals surface area contributed by atoms with Crippen LogP contribution in [-0.4, -0.2) is 31.4 Å². The molecule has 1 aliphatic carbocycles. The van der Waals surface area contributed by atoms with Crippen LogP contribution in [0, 0.1) is 0 Å². The summed E-state index contributed by atoms with van der Waals surface area (Å²) in [6, 6.07) is 8.21. The zero-order chi connectivity index (χ0) is 13.8. The molecule has 1 fully saturated rings. The van der Waals surface area contributed by atoms with Crippen LogP contribution >= 0.6 is 11.8 Å². The molecule has 1 aliphatic heterocycles. The summed E-state index contributed by atoms with van der Waals surface area (Å²) < 4.78 is 0. The maximum absolute atomic E-state index is 3.73. The van der Waals surface area contributed by atoms with Gasteiger partial charge in [-0.15, -0.1) is 11.8 Å². The Kier molecular flexibility index (Phi) is 4.86. The van der Waals surface area contributed by atoms with E-state index < -0.39 is 0 Å². The number of anilines is 1. The molecule has 2 unspecified atom stereocenters. The number of hydrogen-bond donors (Lipinski definition) is 3. The van der Waals surface area contributed by atoms with Crippen LogP contribution in [0.5, 0.6) is 0 Å². The van der Waals surface area contributed by atoms with Gasteiger partial charge in [-0.25, -0.2) is 0 Å². The minimum absolute atomic E-state index is 0.666. The molecule has 4 heteroatoms. The molecular weight excluding hydrogens is 266 g/mol. The molecule has 1 aromatic carbocycles. The van der Waals surface area contributed by atoms with E-state index in [0.717, 1.165) is 13.1 Å². The summed E-state index contributed by atoms with van der Waals surface area (Å²) in [4.78, 5) is 1.40. The maximum atomic E-state index is 3.73. The van der Waals surface area contributed by atoms with Gasteiger partial charge >= 0.3 is 0 Å². The molecule has 0 aromatic heterocycles. The smallest absolute Gasteiger partial charge is 0.0481 e. The summed E-state index contributed by atoms with van der Waals surface area (Å²) in [6.07, 6.45) is 5.24. The van der Waals surface area contributed by atoms with Gasteiger partial charge in [0.25, 0.3) is 0 Å². The minimum Gasteiger partial charge on any atom is -0.383 e. The van der Waals surface area contributed by atoms with Crippen molar-refractivity contribution >= 4 is 17.4 Å². The normalized spacial score (nSPS) is 25.9. The van der Waals surface area contributed by atoms with Crippen molar-refractivity contribution in [3.05, 3.63) is 23.8 Å². The molecule has 3 N–H and O–H groups in total. The van der Waals surface area contributed by atoms with Crippen LogP contribution in [0.3, 0.4) is 0 Å². The molecule has 0 spiro atoms. The first-order chi connectivity index (χ1) is 9.85. The summed E-state index contributed by atoms with van der Waals surface area (Å²) in [6.45, 7) is 2.07. The highest BCUT2D eigenvalue weighted by molar-refractivity contribution is 7.99. The van der Waals surface area contributed by atoms with Crippen LogP contribution < -0.4 is 16.0 Å². The van der Waals surface area contributed by atoms with E-state index in [1.165, 1.54) is 47.6 Å². The van der Waals surface area contributed by atoms with Crippen LogP contribution in [0.15, 0.2) is 23.1 Å². The Morgan fingerprint density at radius 3 is 3.10 bits per heavy atom. The third-order valence-electron chi connectivity index (χ3n) is 4.40. The average molecular weight is 291 g/mol. The van der Waals surface area contributed by atoms with Gasteiger partial charge in [0.05, 0.1) is 0 Å². The summed E-state index contributed by atoms with van der Waals surface area (Å²) in [5, 5.41) is 10.7. The predicted octanol–water partition coefficient (Wildman–Crippen LogP) is 2.82. The van der Waals surface area contributed by atoms with E-state index in [0.29, 0.717) is 12.1 Å². The highest BCUT2D eigenvalue weighted by Crippen LogP contribution is 2.31. The lowest BCUT2D eigenvalue weighted by Gasteiger charge is -2.29. The van der Waals surface area contributed by atoms with Crippen LogP contribution in [-0.2, 0) is 6.54 Å². The Morgan fingerprint density at radius 2 is 2.20 bits per heavy atom. The number of fused-ring (bicyclic) bond motifs is 1. The van der Waals surface area contributed by atoms with Crippen molar-refractivity contribution in [2.45, 2.75) is 49.2 Å². The SMILES string of the molecule is CNC1CCCC(NCc2ccc3c(c2)NCCS3)C1. The Balaban J connectivity index is 1.55. The second-order valence-electron chi connectivity index (χ2n) is 5.84. The van der Waals surface area contributed by atoms with Crippen molar-refractivity contribution in [1.82, 2.24) is 10.6 Å². The standard InChI is InChI=1S/C16H25N3S/c1-17-13-3-2-4-14(10-13)19-11-12-5-6-16-15(9-12)18-7-8-20-16/h5-6,9,13-14,17-19H,2-4,7-8,10-11H2,1H3. The van der Waals surface area contributed by atoms with Crippen molar-refractivity contribution in [3.8, 4) is 0 Å². The van der Waals surface area contributed by atoms with Gasteiger partial charge in [0.1, 0.15) is 0 Å². The minimum atomic E-state index is 0.666. The molecule has 3 rings (SSSR count). The molecule has 2 atom stereocenters. The van der Waals surface area contributed by atoms with E-state index in [2.05, 4.69) is 41.2 Å². The fraction of sp³-hybridized carbons (Fsp3) is 0.625. The van der Waals surface area contributed by atoms with Crippen molar-refractivity contribution in [3.63, 3.8) is 0 Å². The van der Waals surface area contributed by atoms with Gasteiger partial charge in [0.2, 0.25) is 0 Å². The largest absolute Gasteiger partial charge is 0.383 e. The predicted molar refractivity (Wildman–Crippen MR) is 87.6 cm³/mol. The lowest BCUT2D eigenvalue weighted by Crippen LogP contribution is -2.40. The molecule has 1 aromatic rings. The average Bonchev–Trinajstić information content (AvgIpc) is 2.53. The van der Waals surface area contributed by atoms with Crippen molar-refractivity contribution in [2.24, 2.45) is 0 Å². The van der Waals surface area contributed by atoms with E-state index in [1.54, 1.807) is 0 Å². The van der Waals surface area contributed by atoms with Gasteiger partial charge in [-0.3, -0.25) is 0 Å². The molecule has 0 saturated heterocycles. The van der Waals surface area contributed by atoms with Gasteiger partial charge in [0, 0.05) is 41.5 Å². The number of thioether (sulfide) groups is 1. The fourth-order valence-electron chi connectivity index (χ4n) is 3.20.